The zero-order chi connectivity index (χ0) is 12.5. The van der Waals surface area contributed by atoms with Crippen LogP contribution in [0.15, 0.2) is 42.5 Å². The fourth-order valence-electron chi connectivity index (χ4n) is 2.49. The van der Waals surface area contributed by atoms with Gasteiger partial charge in [-0.05, 0) is 48.6 Å². The molecule has 2 aromatic rings. The molecule has 1 nitrogen and oxygen atoms in total. The molecule has 0 bridgehead atoms. The van der Waals surface area contributed by atoms with E-state index in [1.165, 1.54) is 27.8 Å². The Labute approximate surface area is 108 Å². The monoisotopic (exact) mass is 238 g/mol. The standard InChI is InChI=1S/C17H18O/c1-12-3-5-14(6-4-12)16-8-7-15-9-13(2)18-11-17(15)10-16/h3-8,10,13H,9,11H2,1-2H3. The highest BCUT2D eigenvalue weighted by Crippen LogP contribution is 2.27. The van der Waals surface area contributed by atoms with Gasteiger partial charge in [0.2, 0.25) is 0 Å². The van der Waals surface area contributed by atoms with E-state index in [-0.39, 0.29) is 0 Å². The molecular formula is C17H18O. The van der Waals surface area contributed by atoms with Crippen molar-refractivity contribution in [1.82, 2.24) is 0 Å². The summed E-state index contributed by atoms with van der Waals surface area (Å²) in [6.45, 7) is 5.00. The van der Waals surface area contributed by atoms with E-state index < -0.39 is 0 Å². The van der Waals surface area contributed by atoms with Crippen LogP contribution in [-0.4, -0.2) is 6.10 Å². The summed E-state index contributed by atoms with van der Waals surface area (Å²) in [7, 11) is 0. The van der Waals surface area contributed by atoms with E-state index in [0.717, 1.165) is 13.0 Å². The van der Waals surface area contributed by atoms with Gasteiger partial charge in [-0.2, -0.15) is 0 Å². The molecule has 1 heterocycles. The van der Waals surface area contributed by atoms with Gasteiger partial charge >= 0.3 is 0 Å². The molecule has 1 unspecified atom stereocenters. The highest BCUT2D eigenvalue weighted by atomic mass is 16.5. The van der Waals surface area contributed by atoms with Crippen LogP contribution in [-0.2, 0) is 17.8 Å². The van der Waals surface area contributed by atoms with E-state index in [9.17, 15) is 0 Å². The van der Waals surface area contributed by atoms with Crippen LogP contribution in [0.2, 0.25) is 0 Å². The van der Waals surface area contributed by atoms with Gasteiger partial charge in [0.25, 0.3) is 0 Å². The van der Waals surface area contributed by atoms with Crippen LogP contribution in [0.5, 0.6) is 0 Å². The lowest BCUT2D eigenvalue weighted by molar-refractivity contribution is 0.0411. The van der Waals surface area contributed by atoms with Crippen LogP contribution in [0, 0.1) is 6.92 Å². The summed E-state index contributed by atoms with van der Waals surface area (Å²) in [5.74, 6) is 0. The molecule has 0 radical (unpaired) electrons. The normalized spacial score (nSPS) is 18.4. The first kappa shape index (κ1) is 11.5. The third-order valence-corrected chi connectivity index (χ3v) is 3.62. The summed E-state index contributed by atoms with van der Waals surface area (Å²) in [5.41, 5.74) is 6.64. The third-order valence-electron chi connectivity index (χ3n) is 3.62. The van der Waals surface area contributed by atoms with Gasteiger partial charge in [-0.25, -0.2) is 0 Å². The molecule has 1 aliphatic heterocycles. The maximum absolute atomic E-state index is 5.71. The summed E-state index contributed by atoms with van der Waals surface area (Å²) >= 11 is 0. The largest absolute Gasteiger partial charge is 0.373 e. The predicted molar refractivity (Wildman–Crippen MR) is 74.6 cm³/mol. The average Bonchev–Trinajstić information content (AvgIpc) is 2.39. The molecule has 0 aromatic heterocycles. The zero-order valence-electron chi connectivity index (χ0n) is 10.9. The number of fused-ring (bicyclic) bond motifs is 1. The van der Waals surface area contributed by atoms with Crippen molar-refractivity contribution < 1.29 is 4.74 Å². The molecule has 0 saturated heterocycles. The molecule has 0 spiro atoms. The minimum Gasteiger partial charge on any atom is -0.373 e. The average molecular weight is 238 g/mol. The van der Waals surface area contributed by atoms with Crippen molar-refractivity contribution in [3.05, 3.63) is 59.2 Å². The van der Waals surface area contributed by atoms with Crippen molar-refractivity contribution in [1.29, 1.82) is 0 Å². The van der Waals surface area contributed by atoms with Crippen molar-refractivity contribution in [2.24, 2.45) is 0 Å². The number of aryl methyl sites for hydroxylation is 1. The first-order valence-corrected chi connectivity index (χ1v) is 6.53. The Morgan fingerprint density at radius 2 is 1.67 bits per heavy atom. The van der Waals surface area contributed by atoms with Crippen molar-refractivity contribution in [2.75, 3.05) is 0 Å². The van der Waals surface area contributed by atoms with Gasteiger partial charge < -0.3 is 4.74 Å². The highest BCUT2D eigenvalue weighted by Gasteiger charge is 2.15. The molecule has 0 fully saturated rings. The van der Waals surface area contributed by atoms with E-state index in [1.807, 2.05) is 0 Å². The van der Waals surface area contributed by atoms with Crippen molar-refractivity contribution in [3.8, 4) is 11.1 Å². The second-order valence-corrected chi connectivity index (χ2v) is 5.18. The Kier molecular flexibility index (Phi) is 2.92. The Morgan fingerprint density at radius 3 is 2.44 bits per heavy atom. The van der Waals surface area contributed by atoms with Gasteiger partial charge in [-0.3, -0.25) is 0 Å². The number of hydrogen-bond donors (Lipinski definition) is 0. The van der Waals surface area contributed by atoms with Gasteiger partial charge in [0.1, 0.15) is 0 Å². The Morgan fingerprint density at radius 1 is 0.944 bits per heavy atom. The summed E-state index contributed by atoms with van der Waals surface area (Å²) in [6, 6.07) is 15.4. The number of hydrogen-bond acceptors (Lipinski definition) is 1. The SMILES string of the molecule is Cc1ccc(-c2ccc3c(c2)COC(C)C3)cc1. The summed E-state index contributed by atoms with van der Waals surface area (Å²) < 4.78 is 5.71. The smallest absolute Gasteiger partial charge is 0.0723 e. The van der Waals surface area contributed by atoms with E-state index in [0.29, 0.717) is 6.10 Å². The Hall–Kier alpha value is -1.60. The second-order valence-electron chi connectivity index (χ2n) is 5.18. The van der Waals surface area contributed by atoms with Crippen molar-refractivity contribution in [2.45, 2.75) is 33.0 Å². The van der Waals surface area contributed by atoms with Gasteiger partial charge in [-0.15, -0.1) is 0 Å². The molecule has 0 N–H and O–H groups in total. The number of benzene rings is 2. The zero-order valence-corrected chi connectivity index (χ0v) is 10.9. The highest BCUT2D eigenvalue weighted by molar-refractivity contribution is 5.65. The summed E-state index contributed by atoms with van der Waals surface area (Å²) in [6.07, 6.45) is 1.38. The molecule has 18 heavy (non-hydrogen) atoms. The molecule has 0 aliphatic carbocycles. The van der Waals surface area contributed by atoms with E-state index in [4.69, 9.17) is 4.74 Å². The number of ether oxygens (including phenoxy) is 1. The second kappa shape index (κ2) is 4.58. The molecule has 1 aliphatic rings. The fraction of sp³-hybridized carbons (Fsp3) is 0.294. The molecule has 0 amide bonds. The van der Waals surface area contributed by atoms with Gasteiger partial charge in [0, 0.05) is 0 Å². The Bertz CT molecular complexity index is 554. The minimum atomic E-state index is 0.350. The van der Waals surface area contributed by atoms with E-state index in [2.05, 4.69) is 56.3 Å². The van der Waals surface area contributed by atoms with Crippen LogP contribution >= 0.6 is 0 Å². The topological polar surface area (TPSA) is 9.23 Å². The lowest BCUT2D eigenvalue weighted by Gasteiger charge is -2.23. The summed E-state index contributed by atoms with van der Waals surface area (Å²) in [5, 5.41) is 0. The van der Waals surface area contributed by atoms with Crippen LogP contribution in [0.25, 0.3) is 11.1 Å². The maximum atomic E-state index is 5.71. The van der Waals surface area contributed by atoms with Crippen LogP contribution < -0.4 is 0 Å². The van der Waals surface area contributed by atoms with Crippen LogP contribution in [0.1, 0.15) is 23.6 Å². The third kappa shape index (κ3) is 2.19. The Balaban J connectivity index is 1.97. The van der Waals surface area contributed by atoms with Gasteiger partial charge in [0.15, 0.2) is 0 Å². The molecular weight excluding hydrogens is 220 g/mol. The number of rotatable bonds is 1. The van der Waals surface area contributed by atoms with E-state index in [1.54, 1.807) is 0 Å². The van der Waals surface area contributed by atoms with Crippen LogP contribution in [0.3, 0.4) is 0 Å². The first-order chi connectivity index (χ1) is 8.72. The molecule has 92 valence electrons. The molecule has 1 heteroatoms. The molecule has 0 saturated carbocycles. The quantitative estimate of drug-likeness (QED) is 0.726. The van der Waals surface area contributed by atoms with Crippen molar-refractivity contribution in [3.63, 3.8) is 0 Å². The fourth-order valence-corrected chi connectivity index (χ4v) is 2.49. The van der Waals surface area contributed by atoms with E-state index >= 15 is 0 Å². The lowest BCUT2D eigenvalue weighted by Crippen LogP contribution is -2.18. The van der Waals surface area contributed by atoms with Gasteiger partial charge in [-0.1, -0.05) is 42.0 Å². The van der Waals surface area contributed by atoms with Gasteiger partial charge in [0.05, 0.1) is 12.7 Å². The maximum Gasteiger partial charge on any atom is 0.0723 e. The molecule has 1 atom stereocenters. The molecule has 3 rings (SSSR count). The predicted octanol–water partition coefficient (Wildman–Crippen LogP) is 4.12. The minimum absolute atomic E-state index is 0.350. The molecule has 2 aromatic carbocycles. The lowest BCUT2D eigenvalue weighted by atomic mass is 9.95. The van der Waals surface area contributed by atoms with Crippen molar-refractivity contribution >= 4 is 0 Å². The van der Waals surface area contributed by atoms with Crippen LogP contribution in [0.4, 0.5) is 0 Å². The summed E-state index contributed by atoms with van der Waals surface area (Å²) in [4.78, 5) is 0. The first-order valence-electron chi connectivity index (χ1n) is 6.53.